The Balaban J connectivity index is 2.49. The minimum atomic E-state index is -3.70. The summed E-state index contributed by atoms with van der Waals surface area (Å²) in [6, 6.07) is 2.78. The van der Waals surface area contributed by atoms with Crippen LogP contribution < -0.4 is 5.73 Å². The summed E-state index contributed by atoms with van der Waals surface area (Å²) in [6.07, 6.45) is 2.72. The van der Waals surface area contributed by atoms with Crippen LogP contribution in [0.15, 0.2) is 28.7 Å². The van der Waals surface area contributed by atoms with Gasteiger partial charge in [-0.3, -0.25) is 0 Å². The number of anilines is 1. The first kappa shape index (κ1) is 14.7. The van der Waals surface area contributed by atoms with Crippen LogP contribution in [0.1, 0.15) is 13.3 Å². The summed E-state index contributed by atoms with van der Waals surface area (Å²) in [7, 11) is -3.70. The van der Waals surface area contributed by atoms with Crippen LogP contribution in [0.25, 0.3) is 0 Å². The first-order valence-electron chi connectivity index (χ1n) is 5.72. The van der Waals surface area contributed by atoms with E-state index in [1.807, 2.05) is 13.0 Å². The summed E-state index contributed by atoms with van der Waals surface area (Å²) in [5.74, 6) is 0. The number of nitrogen functional groups attached to an aromatic ring is 1. The number of sulfonamides is 1. The Bertz CT molecular complexity index is 618. The lowest BCUT2D eigenvalue weighted by atomic mass is 10.2. The number of rotatable bonds is 2. The van der Waals surface area contributed by atoms with E-state index in [0.29, 0.717) is 24.5 Å². The molecule has 1 heterocycles. The van der Waals surface area contributed by atoms with Crippen LogP contribution in [0.2, 0.25) is 10.0 Å². The molecule has 0 saturated carbocycles. The predicted molar refractivity (Wildman–Crippen MR) is 78.0 cm³/mol. The molecule has 0 radical (unpaired) electrons. The van der Waals surface area contributed by atoms with Crippen molar-refractivity contribution in [3.8, 4) is 0 Å². The van der Waals surface area contributed by atoms with Gasteiger partial charge in [-0.05, 0) is 25.5 Å². The molecule has 0 bridgehead atoms. The lowest BCUT2D eigenvalue weighted by Gasteiger charge is -2.26. The normalized spacial score (nSPS) is 17.3. The van der Waals surface area contributed by atoms with E-state index < -0.39 is 10.0 Å². The highest BCUT2D eigenvalue weighted by Gasteiger charge is 2.30. The summed E-state index contributed by atoms with van der Waals surface area (Å²) >= 11 is 11.8. The minimum absolute atomic E-state index is 0.0530. The number of halogens is 2. The van der Waals surface area contributed by atoms with Crippen molar-refractivity contribution in [3.63, 3.8) is 0 Å². The van der Waals surface area contributed by atoms with Crippen LogP contribution in [-0.4, -0.2) is 25.8 Å². The van der Waals surface area contributed by atoms with Crippen molar-refractivity contribution in [2.45, 2.75) is 18.2 Å². The van der Waals surface area contributed by atoms with Gasteiger partial charge in [0.2, 0.25) is 10.0 Å². The Hall–Kier alpha value is -0.750. The smallest absolute Gasteiger partial charge is 0.246 e. The Labute approximate surface area is 122 Å². The van der Waals surface area contributed by atoms with Gasteiger partial charge in [0.15, 0.2) is 0 Å². The molecule has 0 aliphatic carbocycles. The molecule has 0 saturated heterocycles. The average Bonchev–Trinajstić information content (AvgIpc) is 2.26. The van der Waals surface area contributed by atoms with Gasteiger partial charge in [-0.25, -0.2) is 8.42 Å². The van der Waals surface area contributed by atoms with Crippen molar-refractivity contribution in [1.29, 1.82) is 0 Å². The highest BCUT2D eigenvalue weighted by Crippen LogP contribution is 2.34. The molecule has 7 heteroatoms. The first-order chi connectivity index (χ1) is 8.82. The van der Waals surface area contributed by atoms with Gasteiger partial charge in [0, 0.05) is 18.1 Å². The van der Waals surface area contributed by atoms with Crippen molar-refractivity contribution >= 4 is 38.9 Å². The van der Waals surface area contributed by atoms with E-state index in [-0.39, 0.29) is 15.6 Å². The lowest BCUT2D eigenvalue weighted by molar-refractivity contribution is 0.428. The van der Waals surface area contributed by atoms with E-state index in [1.165, 1.54) is 16.4 Å². The Morgan fingerprint density at radius 1 is 1.32 bits per heavy atom. The molecular formula is C12H14Cl2N2O2S. The van der Waals surface area contributed by atoms with Crippen LogP contribution in [0.4, 0.5) is 5.69 Å². The maximum absolute atomic E-state index is 12.6. The van der Waals surface area contributed by atoms with E-state index in [9.17, 15) is 8.42 Å². The Morgan fingerprint density at radius 2 is 2.00 bits per heavy atom. The summed E-state index contributed by atoms with van der Waals surface area (Å²) < 4.78 is 26.5. The van der Waals surface area contributed by atoms with Crippen molar-refractivity contribution in [2.24, 2.45) is 0 Å². The predicted octanol–water partition coefficient (Wildman–Crippen LogP) is 2.92. The SMILES string of the molecule is CC1=CCCN(S(=O)(=O)c2c(N)cc(Cl)cc2Cl)C1. The van der Waals surface area contributed by atoms with Gasteiger partial charge in [0.05, 0.1) is 10.7 Å². The third kappa shape index (κ3) is 2.89. The van der Waals surface area contributed by atoms with Crippen molar-refractivity contribution < 1.29 is 8.42 Å². The standard InChI is InChI=1S/C12H14Cl2N2O2S/c1-8-3-2-4-16(7-8)19(17,18)12-10(14)5-9(13)6-11(12)15/h3,5-6H,2,4,7,15H2,1H3. The molecule has 1 aliphatic rings. The number of hydrogen-bond acceptors (Lipinski definition) is 3. The molecule has 104 valence electrons. The number of nitrogens with zero attached hydrogens (tertiary/aromatic N) is 1. The highest BCUT2D eigenvalue weighted by atomic mass is 35.5. The topological polar surface area (TPSA) is 63.4 Å². The molecule has 0 unspecified atom stereocenters. The lowest BCUT2D eigenvalue weighted by Crippen LogP contribution is -2.35. The second kappa shape index (κ2) is 5.32. The maximum atomic E-state index is 12.6. The summed E-state index contributed by atoms with van der Waals surface area (Å²) in [5, 5.41) is 0.369. The van der Waals surface area contributed by atoms with Crippen molar-refractivity contribution in [3.05, 3.63) is 33.8 Å². The molecule has 0 fully saturated rings. The molecule has 2 N–H and O–H groups in total. The fraction of sp³-hybridized carbons (Fsp3) is 0.333. The molecular weight excluding hydrogens is 307 g/mol. The minimum Gasteiger partial charge on any atom is -0.398 e. The molecule has 0 amide bonds. The van der Waals surface area contributed by atoms with E-state index in [1.54, 1.807) is 0 Å². The highest BCUT2D eigenvalue weighted by molar-refractivity contribution is 7.89. The second-order valence-electron chi connectivity index (χ2n) is 4.48. The molecule has 0 aromatic heterocycles. The average molecular weight is 321 g/mol. The van der Waals surface area contributed by atoms with Gasteiger partial charge < -0.3 is 5.73 Å². The zero-order valence-corrected chi connectivity index (χ0v) is 12.7. The molecule has 0 atom stereocenters. The fourth-order valence-corrected chi connectivity index (χ4v) is 4.50. The summed E-state index contributed by atoms with van der Waals surface area (Å²) in [5.41, 5.74) is 6.85. The van der Waals surface area contributed by atoms with E-state index in [4.69, 9.17) is 28.9 Å². The van der Waals surface area contributed by atoms with Crippen molar-refractivity contribution in [2.75, 3.05) is 18.8 Å². The largest absolute Gasteiger partial charge is 0.398 e. The summed E-state index contributed by atoms with van der Waals surface area (Å²) in [4.78, 5) is -0.0618. The quantitative estimate of drug-likeness (QED) is 0.673. The molecule has 1 aliphatic heterocycles. The third-order valence-electron chi connectivity index (χ3n) is 2.93. The van der Waals surface area contributed by atoms with E-state index in [0.717, 1.165) is 5.57 Å². The molecule has 2 rings (SSSR count). The monoisotopic (exact) mass is 320 g/mol. The Morgan fingerprint density at radius 3 is 2.58 bits per heavy atom. The van der Waals surface area contributed by atoms with Gasteiger partial charge in [-0.1, -0.05) is 34.9 Å². The fourth-order valence-electron chi connectivity index (χ4n) is 2.06. The van der Waals surface area contributed by atoms with Gasteiger partial charge in [-0.2, -0.15) is 4.31 Å². The number of hydrogen-bond donors (Lipinski definition) is 1. The molecule has 1 aromatic carbocycles. The molecule has 0 spiro atoms. The van der Waals surface area contributed by atoms with Crippen LogP contribution in [0.3, 0.4) is 0 Å². The number of benzene rings is 1. The molecule has 19 heavy (non-hydrogen) atoms. The molecule has 4 nitrogen and oxygen atoms in total. The van der Waals surface area contributed by atoms with Gasteiger partial charge in [0.25, 0.3) is 0 Å². The second-order valence-corrected chi connectivity index (χ2v) is 7.20. The van der Waals surface area contributed by atoms with Crippen LogP contribution in [0.5, 0.6) is 0 Å². The zero-order chi connectivity index (χ0) is 14.2. The van der Waals surface area contributed by atoms with Crippen LogP contribution in [0, 0.1) is 0 Å². The van der Waals surface area contributed by atoms with E-state index >= 15 is 0 Å². The van der Waals surface area contributed by atoms with Crippen molar-refractivity contribution in [1.82, 2.24) is 4.31 Å². The Kier molecular flexibility index (Phi) is 4.11. The summed E-state index contributed by atoms with van der Waals surface area (Å²) in [6.45, 7) is 2.69. The van der Waals surface area contributed by atoms with Crippen LogP contribution >= 0.6 is 23.2 Å². The third-order valence-corrected chi connectivity index (χ3v) is 5.52. The van der Waals surface area contributed by atoms with Gasteiger partial charge >= 0.3 is 0 Å². The van der Waals surface area contributed by atoms with Crippen LogP contribution in [-0.2, 0) is 10.0 Å². The van der Waals surface area contributed by atoms with Gasteiger partial charge in [0.1, 0.15) is 4.90 Å². The first-order valence-corrected chi connectivity index (χ1v) is 7.92. The maximum Gasteiger partial charge on any atom is 0.246 e. The number of nitrogens with two attached hydrogens (primary N) is 1. The zero-order valence-electron chi connectivity index (χ0n) is 10.4. The van der Waals surface area contributed by atoms with E-state index in [2.05, 4.69) is 0 Å². The van der Waals surface area contributed by atoms with Gasteiger partial charge in [-0.15, -0.1) is 0 Å². The molecule has 1 aromatic rings.